The number of rotatable bonds is 6. The van der Waals surface area contributed by atoms with Crippen LogP contribution in [0.2, 0.25) is 0 Å². The van der Waals surface area contributed by atoms with Crippen LogP contribution < -0.4 is 11.0 Å². The zero-order valence-corrected chi connectivity index (χ0v) is 15.2. The number of aromatic nitrogens is 3. The number of carbonyl (C=O) groups excluding carboxylic acids is 1. The van der Waals surface area contributed by atoms with Crippen molar-refractivity contribution in [2.24, 2.45) is 0 Å². The molecule has 0 saturated carbocycles. The number of aryl methyl sites for hydroxylation is 2. The number of carbonyl (C=O) groups is 1. The van der Waals surface area contributed by atoms with Crippen LogP contribution in [0.5, 0.6) is 0 Å². The van der Waals surface area contributed by atoms with E-state index in [1.54, 1.807) is 4.57 Å². The summed E-state index contributed by atoms with van der Waals surface area (Å²) in [5, 5.41) is 9.84. The van der Waals surface area contributed by atoms with Crippen LogP contribution in [0.1, 0.15) is 24.0 Å². The van der Waals surface area contributed by atoms with Crippen molar-refractivity contribution in [2.45, 2.75) is 44.5 Å². The van der Waals surface area contributed by atoms with E-state index in [1.807, 2.05) is 32.0 Å². The van der Waals surface area contributed by atoms with Gasteiger partial charge in [-0.05, 0) is 49.9 Å². The van der Waals surface area contributed by atoms with Gasteiger partial charge in [0.05, 0.1) is 18.4 Å². The summed E-state index contributed by atoms with van der Waals surface area (Å²) in [6.07, 6.45) is 1.99. The van der Waals surface area contributed by atoms with Crippen LogP contribution in [0.25, 0.3) is 0 Å². The molecular weight excluding hydrogens is 340 g/mol. The van der Waals surface area contributed by atoms with Crippen molar-refractivity contribution in [1.29, 1.82) is 0 Å². The molecule has 2 aromatic rings. The molecule has 0 aliphatic carbocycles. The van der Waals surface area contributed by atoms with Crippen LogP contribution in [-0.2, 0) is 16.1 Å². The first-order valence-corrected chi connectivity index (χ1v) is 9.28. The van der Waals surface area contributed by atoms with Crippen molar-refractivity contribution in [2.75, 3.05) is 17.7 Å². The van der Waals surface area contributed by atoms with E-state index in [0.29, 0.717) is 11.7 Å². The Morgan fingerprint density at radius 2 is 2.28 bits per heavy atom. The van der Waals surface area contributed by atoms with Gasteiger partial charge in [0.1, 0.15) is 0 Å². The van der Waals surface area contributed by atoms with Gasteiger partial charge in [0.15, 0.2) is 5.16 Å². The summed E-state index contributed by atoms with van der Waals surface area (Å²) < 4.78 is 7.12. The van der Waals surface area contributed by atoms with Gasteiger partial charge < -0.3 is 10.1 Å². The minimum atomic E-state index is -0.271. The van der Waals surface area contributed by atoms with Gasteiger partial charge in [0.25, 0.3) is 0 Å². The van der Waals surface area contributed by atoms with Crippen LogP contribution in [0.15, 0.2) is 28.2 Å². The van der Waals surface area contributed by atoms with E-state index in [1.165, 1.54) is 17.3 Å². The summed E-state index contributed by atoms with van der Waals surface area (Å²) in [5.74, 6) is 0.0512. The highest BCUT2D eigenvalue weighted by molar-refractivity contribution is 7.99. The van der Waals surface area contributed by atoms with E-state index in [9.17, 15) is 9.59 Å². The minimum absolute atomic E-state index is 0.0408. The Hall–Kier alpha value is -2.06. The van der Waals surface area contributed by atoms with Crippen LogP contribution in [-0.4, -0.2) is 39.1 Å². The number of nitrogens with one attached hydrogen (secondary N) is 2. The summed E-state index contributed by atoms with van der Waals surface area (Å²) in [4.78, 5) is 24.1. The lowest BCUT2D eigenvalue weighted by Crippen LogP contribution is -2.25. The Kier molecular flexibility index (Phi) is 5.60. The fraction of sp³-hybridized carbons (Fsp3) is 0.471. The monoisotopic (exact) mass is 362 g/mol. The molecule has 0 bridgehead atoms. The van der Waals surface area contributed by atoms with Crippen LogP contribution >= 0.6 is 11.8 Å². The molecule has 1 amide bonds. The van der Waals surface area contributed by atoms with Gasteiger partial charge in [-0.2, -0.15) is 0 Å². The lowest BCUT2D eigenvalue weighted by molar-refractivity contribution is -0.113. The highest BCUT2D eigenvalue weighted by Crippen LogP contribution is 2.19. The molecule has 0 radical (unpaired) electrons. The standard InChI is InChI=1S/C17H22N4O3S/c1-11-5-6-13(8-12(11)2)18-15(22)10-25-17-20-19-16(23)21(17)9-14-4-3-7-24-14/h5-6,8,14H,3-4,7,9-10H2,1-2H3,(H,18,22)(H,19,23). The van der Waals surface area contributed by atoms with E-state index >= 15 is 0 Å². The zero-order chi connectivity index (χ0) is 17.8. The molecule has 1 aliphatic heterocycles. The van der Waals surface area contributed by atoms with Crippen LogP contribution in [0.4, 0.5) is 5.69 Å². The van der Waals surface area contributed by atoms with E-state index in [0.717, 1.165) is 30.7 Å². The van der Waals surface area contributed by atoms with Crippen molar-refractivity contribution in [3.05, 3.63) is 39.8 Å². The fourth-order valence-corrected chi connectivity index (χ4v) is 3.47. The van der Waals surface area contributed by atoms with Crippen molar-refractivity contribution in [3.8, 4) is 0 Å². The Morgan fingerprint density at radius 1 is 1.44 bits per heavy atom. The number of ether oxygens (including phenoxy) is 1. The summed E-state index contributed by atoms with van der Waals surface area (Å²) in [6, 6.07) is 5.80. The molecule has 3 rings (SSSR count). The average Bonchev–Trinajstić information content (AvgIpc) is 3.21. The number of hydrogen-bond donors (Lipinski definition) is 2. The molecule has 1 fully saturated rings. The maximum atomic E-state index is 12.2. The van der Waals surface area contributed by atoms with Gasteiger partial charge in [-0.25, -0.2) is 9.89 Å². The molecule has 1 aliphatic rings. The van der Waals surface area contributed by atoms with Crippen molar-refractivity contribution in [3.63, 3.8) is 0 Å². The first-order chi connectivity index (χ1) is 12.0. The second-order valence-corrected chi connectivity index (χ2v) is 7.14. The number of nitrogens with zero attached hydrogens (tertiary/aromatic N) is 2. The van der Waals surface area contributed by atoms with Crippen LogP contribution in [0.3, 0.4) is 0 Å². The molecule has 7 nitrogen and oxygen atoms in total. The fourth-order valence-electron chi connectivity index (χ4n) is 2.71. The molecule has 1 aromatic carbocycles. The molecule has 1 atom stereocenters. The second kappa shape index (κ2) is 7.88. The minimum Gasteiger partial charge on any atom is -0.376 e. The number of hydrogen-bond acceptors (Lipinski definition) is 5. The smallest absolute Gasteiger partial charge is 0.344 e. The maximum absolute atomic E-state index is 12.2. The highest BCUT2D eigenvalue weighted by atomic mass is 32.2. The number of amides is 1. The first kappa shape index (κ1) is 17.8. The molecule has 25 heavy (non-hydrogen) atoms. The number of H-pyrrole nitrogens is 1. The lowest BCUT2D eigenvalue weighted by Gasteiger charge is -2.11. The lowest BCUT2D eigenvalue weighted by atomic mass is 10.1. The normalized spacial score (nSPS) is 17.0. The molecule has 8 heteroatoms. The Balaban J connectivity index is 1.58. The summed E-state index contributed by atoms with van der Waals surface area (Å²) in [7, 11) is 0. The van der Waals surface area contributed by atoms with Gasteiger partial charge in [-0.15, -0.1) is 5.10 Å². The number of benzene rings is 1. The Morgan fingerprint density at radius 3 is 3.00 bits per heavy atom. The third-order valence-electron chi connectivity index (χ3n) is 4.26. The average molecular weight is 362 g/mol. The third-order valence-corrected chi connectivity index (χ3v) is 5.23. The van der Waals surface area contributed by atoms with Crippen molar-refractivity contribution >= 4 is 23.4 Å². The molecule has 2 heterocycles. The molecule has 1 aromatic heterocycles. The molecule has 1 saturated heterocycles. The largest absolute Gasteiger partial charge is 0.376 e. The molecule has 1 unspecified atom stereocenters. The van der Waals surface area contributed by atoms with E-state index < -0.39 is 0 Å². The molecule has 0 spiro atoms. The second-order valence-electron chi connectivity index (χ2n) is 6.19. The van der Waals surface area contributed by atoms with Gasteiger partial charge in [-0.1, -0.05) is 17.8 Å². The topological polar surface area (TPSA) is 89.0 Å². The third kappa shape index (κ3) is 4.52. The SMILES string of the molecule is Cc1ccc(NC(=O)CSc2n[nH]c(=O)n2CC2CCCO2)cc1C. The summed E-state index contributed by atoms with van der Waals surface area (Å²) >= 11 is 1.24. The predicted molar refractivity (Wildman–Crippen MR) is 97.1 cm³/mol. The van der Waals surface area contributed by atoms with Gasteiger partial charge in [-0.3, -0.25) is 9.36 Å². The van der Waals surface area contributed by atoms with Crippen molar-refractivity contribution < 1.29 is 9.53 Å². The quantitative estimate of drug-likeness (QED) is 0.768. The number of anilines is 1. The molecular formula is C17H22N4O3S. The van der Waals surface area contributed by atoms with E-state index in [-0.39, 0.29) is 23.5 Å². The van der Waals surface area contributed by atoms with E-state index in [4.69, 9.17) is 4.74 Å². The Bertz CT molecular complexity index is 808. The predicted octanol–water partition coefficient (Wildman–Crippen LogP) is 2.10. The highest BCUT2D eigenvalue weighted by Gasteiger charge is 2.20. The number of thioether (sulfide) groups is 1. The summed E-state index contributed by atoms with van der Waals surface area (Å²) in [5.41, 5.74) is 2.81. The Labute approximate surface area is 150 Å². The van der Waals surface area contributed by atoms with Crippen LogP contribution in [0, 0.1) is 13.8 Å². The molecule has 134 valence electrons. The van der Waals surface area contributed by atoms with Gasteiger partial charge in [0.2, 0.25) is 5.91 Å². The van der Waals surface area contributed by atoms with Crippen molar-refractivity contribution in [1.82, 2.24) is 14.8 Å². The van der Waals surface area contributed by atoms with E-state index in [2.05, 4.69) is 15.5 Å². The zero-order valence-electron chi connectivity index (χ0n) is 14.4. The summed E-state index contributed by atoms with van der Waals surface area (Å²) in [6.45, 7) is 5.24. The maximum Gasteiger partial charge on any atom is 0.344 e. The van der Waals surface area contributed by atoms with Gasteiger partial charge in [0, 0.05) is 12.3 Å². The van der Waals surface area contributed by atoms with Gasteiger partial charge >= 0.3 is 5.69 Å². The molecule has 2 N–H and O–H groups in total. The number of aromatic amines is 1. The first-order valence-electron chi connectivity index (χ1n) is 8.29.